The van der Waals surface area contributed by atoms with Gasteiger partial charge in [0, 0.05) is 37.0 Å². The molecule has 0 aliphatic heterocycles. The van der Waals surface area contributed by atoms with Crippen LogP contribution in [0.3, 0.4) is 0 Å². The van der Waals surface area contributed by atoms with E-state index in [1.54, 1.807) is 16.8 Å². The van der Waals surface area contributed by atoms with Crippen LogP contribution in [-0.4, -0.2) is 61.4 Å². The smallest absolute Gasteiger partial charge is 0.157 e. The third-order valence-electron chi connectivity index (χ3n) is 7.79. The summed E-state index contributed by atoms with van der Waals surface area (Å²) in [5.41, 5.74) is 3.15. The molecule has 0 spiro atoms. The van der Waals surface area contributed by atoms with E-state index < -0.39 is 17.8 Å². The van der Waals surface area contributed by atoms with Gasteiger partial charge in [-0.3, -0.25) is 0 Å². The third-order valence-corrected chi connectivity index (χ3v) is 7.79. The van der Waals surface area contributed by atoms with Crippen LogP contribution in [-0.2, 0) is 10.3 Å². The van der Waals surface area contributed by atoms with E-state index in [1.807, 2.05) is 18.2 Å². The molecule has 4 atom stereocenters. The molecule has 4 N–H and O–H groups in total. The summed E-state index contributed by atoms with van der Waals surface area (Å²) in [6.45, 7) is 4.83. The van der Waals surface area contributed by atoms with Gasteiger partial charge in [0.05, 0.1) is 23.4 Å². The number of anilines is 1. The zero-order valence-electron chi connectivity index (χ0n) is 20.5. The minimum absolute atomic E-state index is 0.162. The fraction of sp³-hybridized carbons (Fsp3) is 0.556. The van der Waals surface area contributed by atoms with E-state index in [2.05, 4.69) is 36.3 Å². The number of hydrogen-bond acceptors (Lipinski definition) is 7. The minimum Gasteiger partial charge on any atom is -0.396 e. The van der Waals surface area contributed by atoms with Crippen molar-refractivity contribution in [2.24, 2.45) is 11.8 Å². The second kappa shape index (κ2) is 9.85. The molecule has 0 amide bonds. The van der Waals surface area contributed by atoms with E-state index in [4.69, 9.17) is 9.84 Å². The first-order chi connectivity index (χ1) is 16.9. The lowest BCUT2D eigenvalue weighted by molar-refractivity contribution is -0.0310. The Hall–Kier alpha value is -2.52. The maximum atomic E-state index is 10.4. The minimum atomic E-state index is -0.964. The van der Waals surface area contributed by atoms with Gasteiger partial charge >= 0.3 is 0 Å². The molecule has 188 valence electrons. The lowest BCUT2D eigenvalue weighted by Crippen LogP contribution is -2.35. The van der Waals surface area contributed by atoms with Gasteiger partial charge in [-0.15, -0.1) is 0 Å². The average Bonchev–Trinajstić information content (AvgIpc) is 3.38. The molecular weight excluding hydrogens is 444 g/mol. The average molecular weight is 481 g/mol. The molecule has 8 nitrogen and oxygen atoms in total. The molecule has 2 saturated carbocycles. The molecule has 8 heteroatoms. The Bertz CT molecular complexity index is 1160. The molecule has 3 aromatic rings. The molecule has 2 aliphatic rings. The topological polar surface area (TPSA) is 112 Å². The van der Waals surface area contributed by atoms with Gasteiger partial charge in [-0.1, -0.05) is 37.5 Å². The van der Waals surface area contributed by atoms with Gasteiger partial charge in [-0.05, 0) is 50.3 Å². The van der Waals surface area contributed by atoms with Crippen LogP contribution in [0.4, 0.5) is 5.82 Å². The Morgan fingerprint density at radius 2 is 1.97 bits per heavy atom. The Kier molecular flexibility index (Phi) is 6.81. The zero-order chi connectivity index (χ0) is 24.6. The van der Waals surface area contributed by atoms with Gasteiger partial charge in [0.25, 0.3) is 0 Å². The predicted octanol–water partition coefficient (Wildman–Crippen LogP) is 3.35. The summed E-state index contributed by atoms with van der Waals surface area (Å²) in [4.78, 5) is 4.45. The Labute approximate surface area is 206 Å². The Morgan fingerprint density at radius 1 is 1.14 bits per heavy atom. The standard InChI is InChI=1S/C27H36N4O4/c1-27(2,35-12-10-17-5-3-6-17)20-8-4-7-18(13-20)21-15-24-28-11-9-23(31(24)30-21)29-22-14-19(16-32)25(33)26(22)34/h4,7-9,11,13,15,17,19,22,25-26,29,32-34H,3,5-6,10,12,14,16H2,1-2H3/t19-,22-,25-,26+/m1/s1. The fourth-order valence-corrected chi connectivity index (χ4v) is 5.18. The van der Waals surface area contributed by atoms with Crippen LogP contribution >= 0.6 is 0 Å². The lowest BCUT2D eigenvalue weighted by Gasteiger charge is -2.30. The zero-order valence-corrected chi connectivity index (χ0v) is 20.5. The quantitative estimate of drug-likeness (QED) is 0.372. The normalized spacial score (nSPS) is 25.2. The van der Waals surface area contributed by atoms with Gasteiger partial charge < -0.3 is 25.4 Å². The summed E-state index contributed by atoms with van der Waals surface area (Å²) in [5.74, 6) is 1.15. The van der Waals surface area contributed by atoms with E-state index in [0.717, 1.165) is 35.8 Å². The molecule has 35 heavy (non-hydrogen) atoms. The monoisotopic (exact) mass is 480 g/mol. The molecule has 0 saturated heterocycles. The van der Waals surface area contributed by atoms with Crippen LogP contribution in [0.2, 0.25) is 0 Å². The van der Waals surface area contributed by atoms with E-state index in [1.165, 1.54) is 19.3 Å². The lowest BCUT2D eigenvalue weighted by atomic mass is 9.83. The van der Waals surface area contributed by atoms with Crippen molar-refractivity contribution in [1.29, 1.82) is 0 Å². The van der Waals surface area contributed by atoms with Crippen LogP contribution < -0.4 is 5.32 Å². The maximum Gasteiger partial charge on any atom is 0.157 e. The first-order valence-electron chi connectivity index (χ1n) is 12.7. The van der Waals surface area contributed by atoms with Crippen LogP contribution in [0.1, 0.15) is 51.5 Å². The molecule has 5 rings (SSSR count). The highest BCUT2D eigenvalue weighted by molar-refractivity contribution is 5.66. The largest absolute Gasteiger partial charge is 0.396 e. The van der Waals surface area contributed by atoms with Crippen molar-refractivity contribution in [3.8, 4) is 11.3 Å². The number of benzene rings is 1. The number of aliphatic hydroxyl groups is 3. The highest BCUT2D eigenvalue weighted by Crippen LogP contribution is 2.33. The van der Waals surface area contributed by atoms with Crippen molar-refractivity contribution in [2.75, 3.05) is 18.5 Å². The molecule has 2 aliphatic carbocycles. The summed E-state index contributed by atoms with van der Waals surface area (Å²) in [6.07, 6.45) is 5.39. The molecular formula is C27H36N4O4. The highest BCUT2D eigenvalue weighted by Gasteiger charge is 2.41. The van der Waals surface area contributed by atoms with Crippen LogP contribution in [0.25, 0.3) is 16.9 Å². The number of nitrogens with zero attached hydrogens (tertiary/aromatic N) is 3. The van der Waals surface area contributed by atoms with Gasteiger partial charge in [0.2, 0.25) is 0 Å². The highest BCUT2D eigenvalue weighted by atomic mass is 16.5. The summed E-state index contributed by atoms with van der Waals surface area (Å²) in [5, 5.41) is 38.1. The number of aromatic nitrogens is 3. The first kappa shape index (κ1) is 24.2. The van der Waals surface area contributed by atoms with Crippen LogP contribution in [0, 0.1) is 11.8 Å². The van der Waals surface area contributed by atoms with E-state index in [9.17, 15) is 15.3 Å². The molecule has 2 heterocycles. The number of ether oxygens (including phenoxy) is 1. The van der Waals surface area contributed by atoms with Gasteiger partial charge in [-0.2, -0.15) is 9.61 Å². The first-order valence-corrected chi connectivity index (χ1v) is 12.7. The van der Waals surface area contributed by atoms with Crippen molar-refractivity contribution in [2.45, 2.75) is 69.8 Å². The molecule has 2 fully saturated rings. The molecule has 0 unspecified atom stereocenters. The van der Waals surface area contributed by atoms with Gasteiger partial charge in [0.1, 0.15) is 11.9 Å². The Balaban J connectivity index is 1.35. The van der Waals surface area contributed by atoms with Crippen LogP contribution in [0.15, 0.2) is 42.6 Å². The molecule has 2 aromatic heterocycles. The van der Waals surface area contributed by atoms with Gasteiger partial charge in [-0.25, -0.2) is 4.98 Å². The van der Waals surface area contributed by atoms with Crippen molar-refractivity contribution in [1.82, 2.24) is 14.6 Å². The van der Waals surface area contributed by atoms with Crippen molar-refractivity contribution >= 4 is 11.5 Å². The summed E-state index contributed by atoms with van der Waals surface area (Å²) in [7, 11) is 0. The fourth-order valence-electron chi connectivity index (χ4n) is 5.18. The molecule has 0 bridgehead atoms. The van der Waals surface area contributed by atoms with Crippen molar-refractivity contribution < 1.29 is 20.1 Å². The summed E-state index contributed by atoms with van der Waals surface area (Å²) in [6, 6.07) is 11.6. The number of fused-ring (bicyclic) bond motifs is 1. The SMILES string of the molecule is CC(C)(OCCC1CCC1)c1cccc(-c2cc3nccc(N[C@@H]4C[C@H](CO)[C@@H](O)[C@H]4O)n3n2)c1. The van der Waals surface area contributed by atoms with Gasteiger partial charge in [0.15, 0.2) is 5.65 Å². The van der Waals surface area contributed by atoms with E-state index >= 15 is 0 Å². The van der Waals surface area contributed by atoms with Crippen molar-refractivity contribution in [3.63, 3.8) is 0 Å². The van der Waals surface area contributed by atoms with Crippen LogP contribution in [0.5, 0.6) is 0 Å². The third kappa shape index (κ3) is 4.93. The van der Waals surface area contributed by atoms with E-state index in [0.29, 0.717) is 17.9 Å². The number of nitrogens with one attached hydrogen (secondary N) is 1. The predicted molar refractivity (Wildman–Crippen MR) is 134 cm³/mol. The maximum absolute atomic E-state index is 10.4. The molecule has 1 aromatic carbocycles. The number of rotatable bonds is 9. The summed E-state index contributed by atoms with van der Waals surface area (Å²) >= 11 is 0. The second-order valence-electron chi connectivity index (χ2n) is 10.6. The second-order valence-corrected chi connectivity index (χ2v) is 10.6. The van der Waals surface area contributed by atoms with E-state index in [-0.39, 0.29) is 18.6 Å². The number of hydrogen-bond donors (Lipinski definition) is 4. The van der Waals surface area contributed by atoms with Crippen molar-refractivity contribution in [3.05, 3.63) is 48.2 Å². The molecule has 0 radical (unpaired) electrons. The number of aliphatic hydroxyl groups excluding tert-OH is 3. The Morgan fingerprint density at radius 3 is 2.69 bits per heavy atom. The summed E-state index contributed by atoms with van der Waals surface area (Å²) < 4.78 is 8.01.